The topological polar surface area (TPSA) is 46.3 Å². The molecule has 0 unspecified atom stereocenters. The molecule has 0 spiro atoms. The summed E-state index contributed by atoms with van der Waals surface area (Å²) in [5, 5.41) is 1.45. The highest BCUT2D eigenvalue weighted by atomic mass is 35.5. The molecular weight excluding hydrogens is 415 g/mol. The number of rotatable bonds is 8. The van der Waals surface area contributed by atoms with Gasteiger partial charge in [0.15, 0.2) is 0 Å². The molecule has 2 N–H and O–H groups in total. The number of hydrogen-bond acceptors (Lipinski definition) is 2. The van der Waals surface area contributed by atoms with E-state index in [-0.39, 0.29) is 11.8 Å². The molecule has 1 aliphatic rings. The number of hydrogen-bond donors (Lipinski definition) is 1. The molecule has 0 bridgehead atoms. The Kier molecular flexibility index (Phi) is 6.14. The average Bonchev–Trinajstić information content (AvgIpc) is 3.47. The molecule has 0 heterocycles. The third-order valence-electron chi connectivity index (χ3n) is 5.95. The molecule has 2 atom stereocenters. The van der Waals surface area contributed by atoms with E-state index in [0.717, 1.165) is 41.7 Å². The van der Waals surface area contributed by atoms with Crippen LogP contribution in [0.2, 0.25) is 10.0 Å². The highest BCUT2D eigenvalue weighted by Crippen LogP contribution is 2.54. The summed E-state index contributed by atoms with van der Waals surface area (Å²) in [5.74, 6) is -0.0476. The molecule has 1 fully saturated rings. The van der Waals surface area contributed by atoms with Crippen LogP contribution in [0.4, 0.5) is 0 Å². The molecule has 0 radical (unpaired) electrons. The smallest absolute Gasteiger partial charge is 0.228 e. The Morgan fingerprint density at radius 2 is 1.37 bits per heavy atom. The van der Waals surface area contributed by atoms with Crippen LogP contribution in [0, 0.1) is 5.92 Å². The minimum Gasteiger partial charge on any atom is -0.369 e. The lowest BCUT2D eigenvalue weighted by Gasteiger charge is -2.24. The Hall–Kier alpha value is -2.33. The van der Waals surface area contributed by atoms with Crippen LogP contribution in [0.1, 0.15) is 23.1 Å². The number of halogens is 2. The van der Waals surface area contributed by atoms with Crippen molar-refractivity contribution < 1.29 is 4.79 Å². The molecule has 1 aliphatic carbocycles. The van der Waals surface area contributed by atoms with Crippen molar-refractivity contribution in [2.24, 2.45) is 11.7 Å². The van der Waals surface area contributed by atoms with Crippen molar-refractivity contribution in [2.75, 3.05) is 6.54 Å². The van der Waals surface area contributed by atoms with Gasteiger partial charge in [0.05, 0.1) is 5.41 Å². The van der Waals surface area contributed by atoms with Crippen molar-refractivity contribution in [1.82, 2.24) is 4.90 Å². The van der Waals surface area contributed by atoms with Crippen LogP contribution in [-0.4, -0.2) is 17.4 Å². The zero-order chi connectivity index (χ0) is 21.1. The molecule has 3 aromatic carbocycles. The van der Waals surface area contributed by atoms with Crippen molar-refractivity contribution >= 4 is 29.1 Å². The van der Waals surface area contributed by atoms with Crippen LogP contribution in [0.3, 0.4) is 0 Å². The fourth-order valence-corrected chi connectivity index (χ4v) is 4.53. The van der Waals surface area contributed by atoms with E-state index in [1.165, 1.54) is 11.1 Å². The Bertz CT molecular complexity index is 958. The first kappa shape index (κ1) is 20.9. The predicted octanol–water partition coefficient (Wildman–Crippen LogP) is 5.44. The van der Waals surface area contributed by atoms with E-state index in [1.807, 2.05) is 78.9 Å². The highest BCUT2D eigenvalue weighted by molar-refractivity contribution is 6.30. The van der Waals surface area contributed by atoms with E-state index < -0.39 is 5.41 Å². The summed E-state index contributed by atoms with van der Waals surface area (Å²) in [6.45, 7) is 2.31. The molecule has 30 heavy (non-hydrogen) atoms. The van der Waals surface area contributed by atoms with Gasteiger partial charge in [-0.1, -0.05) is 77.8 Å². The van der Waals surface area contributed by atoms with Crippen LogP contribution in [0.15, 0.2) is 78.9 Å². The molecular formula is C25H24Cl2N2O. The van der Waals surface area contributed by atoms with Crippen LogP contribution in [-0.2, 0) is 23.3 Å². The van der Waals surface area contributed by atoms with E-state index in [0.29, 0.717) is 0 Å². The van der Waals surface area contributed by atoms with Gasteiger partial charge in [-0.15, -0.1) is 0 Å². The fraction of sp³-hybridized carbons (Fsp3) is 0.240. The van der Waals surface area contributed by atoms with Crippen molar-refractivity contribution in [3.05, 3.63) is 106 Å². The second-order valence-corrected chi connectivity index (χ2v) is 8.90. The lowest BCUT2D eigenvalue weighted by Crippen LogP contribution is -2.34. The van der Waals surface area contributed by atoms with Gasteiger partial charge < -0.3 is 5.73 Å². The maximum Gasteiger partial charge on any atom is 0.228 e. The van der Waals surface area contributed by atoms with Crippen molar-refractivity contribution in [3.63, 3.8) is 0 Å². The number of nitrogens with zero attached hydrogens (tertiary/aromatic N) is 1. The Labute approximate surface area is 187 Å². The predicted molar refractivity (Wildman–Crippen MR) is 122 cm³/mol. The monoisotopic (exact) mass is 438 g/mol. The summed E-state index contributed by atoms with van der Waals surface area (Å²) in [6, 6.07) is 25.7. The first-order valence-electron chi connectivity index (χ1n) is 10.0. The maximum absolute atomic E-state index is 12.4. The maximum atomic E-state index is 12.4. The van der Waals surface area contributed by atoms with Gasteiger partial charge in [0, 0.05) is 29.7 Å². The molecule has 0 aromatic heterocycles. The highest BCUT2D eigenvalue weighted by Gasteiger charge is 2.60. The summed E-state index contributed by atoms with van der Waals surface area (Å²) in [4.78, 5) is 14.8. The summed E-state index contributed by atoms with van der Waals surface area (Å²) in [6.07, 6.45) is 0.782. The van der Waals surface area contributed by atoms with Gasteiger partial charge in [-0.05, 0) is 53.3 Å². The van der Waals surface area contributed by atoms with E-state index >= 15 is 0 Å². The molecule has 4 rings (SSSR count). The Balaban J connectivity index is 1.55. The van der Waals surface area contributed by atoms with Gasteiger partial charge in [0.25, 0.3) is 0 Å². The van der Waals surface area contributed by atoms with Crippen LogP contribution < -0.4 is 5.73 Å². The number of amides is 1. The van der Waals surface area contributed by atoms with Gasteiger partial charge in [-0.25, -0.2) is 0 Å². The Morgan fingerprint density at radius 1 is 0.867 bits per heavy atom. The zero-order valence-corrected chi connectivity index (χ0v) is 18.1. The molecule has 3 aromatic rings. The number of carbonyl (C=O) groups excluding carboxylic acids is 1. The van der Waals surface area contributed by atoms with E-state index in [4.69, 9.17) is 28.9 Å². The minimum absolute atomic E-state index is 0.192. The SMILES string of the molecule is NC(=O)[C@]1(c2ccccc2)C[C@@H]1CN(Cc1ccc(Cl)cc1)Cc1ccc(Cl)cc1. The third kappa shape index (κ3) is 4.54. The molecule has 0 saturated heterocycles. The second-order valence-electron chi connectivity index (χ2n) is 8.03. The normalized spacial score (nSPS) is 20.3. The number of carbonyl (C=O) groups is 1. The summed E-state index contributed by atoms with van der Waals surface area (Å²) >= 11 is 12.1. The summed E-state index contributed by atoms with van der Waals surface area (Å²) in [5.41, 5.74) is 8.69. The lowest BCUT2D eigenvalue weighted by atomic mass is 9.92. The van der Waals surface area contributed by atoms with Gasteiger partial charge in [0.1, 0.15) is 0 Å². The van der Waals surface area contributed by atoms with Gasteiger partial charge in [-0.3, -0.25) is 9.69 Å². The van der Waals surface area contributed by atoms with Crippen LogP contribution >= 0.6 is 23.2 Å². The first-order valence-corrected chi connectivity index (χ1v) is 10.8. The second kappa shape index (κ2) is 8.81. The first-order chi connectivity index (χ1) is 14.5. The molecule has 0 aliphatic heterocycles. The summed E-state index contributed by atoms with van der Waals surface area (Å²) < 4.78 is 0. The number of benzene rings is 3. The van der Waals surface area contributed by atoms with Crippen molar-refractivity contribution in [2.45, 2.75) is 24.9 Å². The standard InChI is InChI=1S/C25H24Cl2N2O/c26-22-10-6-18(7-11-22)15-29(16-19-8-12-23(27)13-9-19)17-21-14-25(21,24(28)30)20-4-2-1-3-5-20/h1-13,21H,14-17H2,(H2,28,30)/t21-,25+/m1/s1. The van der Waals surface area contributed by atoms with Crippen LogP contribution in [0.5, 0.6) is 0 Å². The van der Waals surface area contributed by atoms with Crippen LogP contribution in [0.25, 0.3) is 0 Å². The zero-order valence-electron chi connectivity index (χ0n) is 16.6. The lowest BCUT2D eigenvalue weighted by molar-refractivity contribution is -0.120. The van der Waals surface area contributed by atoms with Crippen molar-refractivity contribution in [1.29, 1.82) is 0 Å². The molecule has 1 saturated carbocycles. The molecule has 1 amide bonds. The van der Waals surface area contributed by atoms with Gasteiger partial charge in [-0.2, -0.15) is 0 Å². The molecule has 154 valence electrons. The fourth-order valence-electron chi connectivity index (χ4n) is 4.28. The Morgan fingerprint density at radius 3 is 1.83 bits per heavy atom. The van der Waals surface area contributed by atoms with E-state index in [1.54, 1.807) is 0 Å². The van der Waals surface area contributed by atoms with Gasteiger partial charge in [0.2, 0.25) is 5.91 Å². The largest absolute Gasteiger partial charge is 0.369 e. The minimum atomic E-state index is -0.570. The van der Waals surface area contributed by atoms with E-state index in [9.17, 15) is 4.79 Å². The molecule has 3 nitrogen and oxygen atoms in total. The summed E-state index contributed by atoms with van der Waals surface area (Å²) in [7, 11) is 0. The third-order valence-corrected chi connectivity index (χ3v) is 6.46. The quantitative estimate of drug-likeness (QED) is 0.508. The number of nitrogens with two attached hydrogens (primary N) is 1. The average molecular weight is 439 g/mol. The van der Waals surface area contributed by atoms with Crippen molar-refractivity contribution in [3.8, 4) is 0 Å². The van der Waals surface area contributed by atoms with E-state index in [2.05, 4.69) is 4.90 Å². The van der Waals surface area contributed by atoms with Gasteiger partial charge >= 0.3 is 0 Å². The molecule has 5 heteroatoms. The number of primary amides is 1.